The highest BCUT2D eigenvalue weighted by molar-refractivity contribution is 5.81. The molecular weight excluding hydrogens is 278 g/mol. The van der Waals surface area contributed by atoms with Crippen LogP contribution in [0.25, 0.3) is 28.3 Å². The summed E-state index contributed by atoms with van der Waals surface area (Å²) in [6.45, 7) is 0. The van der Waals surface area contributed by atoms with Gasteiger partial charge >= 0.3 is 0 Å². The number of hydrogen-bond donors (Lipinski definition) is 0. The quantitative estimate of drug-likeness (QED) is 0.738. The molecule has 0 aliphatic rings. The number of aromatic nitrogens is 2. The van der Waals surface area contributed by atoms with E-state index >= 15 is 0 Å². The molecule has 0 spiro atoms. The van der Waals surface area contributed by atoms with E-state index < -0.39 is 0 Å². The van der Waals surface area contributed by atoms with Crippen LogP contribution < -0.4 is 4.74 Å². The smallest absolute Gasteiger partial charge is 0.221 e. The first-order valence-corrected chi connectivity index (χ1v) is 6.90. The fourth-order valence-electron chi connectivity index (χ4n) is 2.09. The minimum absolute atomic E-state index is 0.588. The molecule has 112 valence electrons. The van der Waals surface area contributed by atoms with Gasteiger partial charge in [0.15, 0.2) is 5.58 Å². The molecule has 0 unspecified atom stereocenters. The van der Waals surface area contributed by atoms with Crippen molar-refractivity contribution in [2.24, 2.45) is 0 Å². The number of nitrogens with zero attached hydrogens (tertiary/aromatic N) is 3. The van der Waals surface area contributed by atoms with Crippen LogP contribution in [0.15, 0.2) is 47.3 Å². The van der Waals surface area contributed by atoms with Gasteiger partial charge in [0.1, 0.15) is 11.3 Å². The molecule has 0 fully saturated rings. The molecule has 0 aliphatic heterocycles. The van der Waals surface area contributed by atoms with E-state index in [4.69, 9.17) is 9.15 Å². The second kappa shape index (κ2) is 5.89. The standard InChI is InChI=1S/C17H17N3O2/c1-20(2)7-6-17-19-15-5-4-12(9-16(15)22-17)13-8-14(21-3)11-18-10-13/h4-11H,1-3H3/b7-6+. The van der Waals surface area contributed by atoms with Crippen LogP contribution in [-0.2, 0) is 0 Å². The van der Waals surface area contributed by atoms with Crippen LogP contribution in [0.4, 0.5) is 0 Å². The molecule has 5 nitrogen and oxygen atoms in total. The average Bonchev–Trinajstić information content (AvgIpc) is 2.95. The minimum atomic E-state index is 0.588. The molecule has 0 radical (unpaired) electrons. The van der Waals surface area contributed by atoms with Crippen molar-refractivity contribution in [3.8, 4) is 16.9 Å². The summed E-state index contributed by atoms with van der Waals surface area (Å²) in [5.41, 5.74) is 3.57. The van der Waals surface area contributed by atoms with Gasteiger partial charge in [-0.25, -0.2) is 4.98 Å². The zero-order valence-corrected chi connectivity index (χ0v) is 12.8. The normalized spacial score (nSPS) is 11.2. The lowest BCUT2D eigenvalue weighted by Gasteiger charge is -2.03. The molecule has 1 aromatic carbocycles. The van der Waals surface area contributed by atoms with Crippen molar-refractivity contribution in [2.45, 2.75) is 0 Å². The molecule has 22 heavy (non-hydrogen) atoms. The summed E-state index contributed by atoms with van der Waals surface area (Å²) >= 11 is 0. The van der Waals surface area contributed by atoms with Crippen LogP contribution in [0, 0.1) is 0 Å². The van der Waals surface area contributed by atoms with Crippen LogP contribution in [0.3, 0.4) is 0 Å². The van der Waals surface area contributed by atoms with Gasteiger partial charge in [0.25, 0.3) is 0 Å². The van der Waals surface area contributed by atoms with Crippen molar-refractivity contribution in [1.29, 1.82) is 0 Å². The predicted octanol–water partition coefficient (Wildman–Crippen LogP) is 3.43. The lowest BCUT2D eigenvalue weighted by molar-refractivity contribution is 0.413. The topological polar surface area (TPSA) is 51.4 Å². The first-order valence-electron chi connectivity index (χ1n) is 6.90. The molecular formula is C17H17N3O2. The van der Waals surface area contributed by atoms with Crippen molar-refractivity contribution < 1.29 is 9.15 Å². The van der Waals surface area contributed by atoms with Gasteiger partial charge in [-0.2, -0.15) is 0 Å². The van der Waals surface area contributed by atoms with Crippen LogP contribution in [-0.4, -0.2) is 36.1 Å². The summed E-state index contributed by atoms with van der Waals surface area (Å²) in [5, 5.41) is 0. The molecule has 0 amide bonds. The molecule has 0 N–H and O–H groups in total. The second-order valence-corrected chi connectivity index (χ2v) is 5.13. The zero-order valence-electron chi connectivity index (χ0n) is 12.8. The van der Waals surface area contributed by atoms with E-state index in [1.165, 1.54) is 0 Å². The molecule has 0 atom stereocenters. The fourth-order valence-corrected chi connectivity index (χ4v) is 2.09. The molecule has 0 saturated carbocycles. The first-order chi connectivity index (χ1) is 10.7. The van der Waals surface area contributed by atoms with Gasteiger partial charge in [-0.15, -0.1) is 0 Å². The molecule has 3 aromatic rings. The van der Waals surface area contributed by atoms with Gasteiger partial charge in [0.05, 0.1) is 13.3 Å². The number of benzene rings is 1. The Hall–Kier alpha value is -2.82. The van der Waals surface area contributed by atoms with Crippen molar-refractivity contribution in [2.75, 3.05) is 21.2 Å². The van der Waals surface area contributed by atoms with E-state index in [0.717, 1.165) is 28.0 Å². The zero-order chi connectivity index (χ0) is 15.5. The number of fused-ring (bicyclic) bond motifs is 1. The third-order valence-corrected chi connectivity index (χ3v) is 3.20. The second-order valence-electron chi connectivity index (χ2n) is 5.13. The van der Waals surface area contributed by atoms with Gasteiger partial charge < -0.3 is 14.1 Å². The highest BCUT2D eigenvalue weighted by Crippen LogP contribution is 2.26. The van der Waals surface area contributed by atoms with E-state index in [1.54, 1.807) is 19.5 Å². The summed E-state index contributed by atoms with van der Waals surface area (Å²) < 4.78 is 11.0. The van der Waals surface area contributed by atoms with Gasteiger partial charge in [-0.05, 0) is 23.8 Å². The number of methoxy groups -OCH3 is 1. The van der Waals surface area contributed by atoms with E-state index in [1.807, 2.05) is 55.5 Å². The lowest BCUT2D eigenvalue weighted by atomic mass is 10.1. The van der Waals surface area contributed by atoms with Gasteiger partial charge in [0.2, 0.25) is 5.89 Å². The van der Waals surface area contributed by atoms with E-state index in [-0.39, 0.29) is 0 Å². The Balaban J connectivity index is 1.98. The number of rotatable bonds is 4. The van der Waals surface area contributed by atoms with Gasteiger partial charge in [-0.1, -0.05) is 6.07 Å². The van der Waals surface area contributed by atoms with Crippen molar-refractivity contribution in [1.82, 2.24) is 14.9 Å². The first kappa shape index (κ1) is 14.1. The van der Waals surface area contributed by atoms with E-state index in [2.05, 4.69) is 9.97 Å². The molecule has 0 bridgehead atoms. The molecule has 3 rings (SSSR count). The Kier molecular flexibility index (Phi) is 3.78. The van der Waals surface area contributed by atoms with E-state index in [9.17, 15) is 0 Å². The largest absolute Gasteiger partial charge is 0.495 e. The van der Waals surface area contributed by atoms with Crippen molar-refractivity contribution in [3.05, 3.63) is 48.7 Å². The summed E-state index contributed by atoms with van der Waals surface area (Å²) in [5.74, 6) is 1.31. The third kappa shape index (κ3) is 2.93. The maximum Gasteiger partial charge on any atom is 0.221 e. The fraction of sp³-hybridized carbons (Fsp3) is 0.176. The molecule has 2 aromatic heterocycles. The molecule has 2 heterocycles. The Labute approximate surface area is 128 Å². The summed E-state index contributed by atoms with van der Waals surface area (Å²) in [4.78, 5) is 10.5. The van der Waals surface area contributed by atoms with Crippen LogP contribution in [0.2, 0.25) is 0 Å². The average molecular weight is 295 g/mol. The van der Waals surface area contributed by atoms with Gasteiger partial charge in [0, 0.05) is 38.1 Å². The number of oxazole rings is 1. The van der Waals surface area contributed by atoms with Crippen LogP contribution in [0.1, 0.15) is 5.89 Å². The Bertz CT molecular complexity index is 822. The lowest BCUT2D eigenvalue weighted by Crippen LogP contribution is -1.99. The highest BCUT2D eigenvalue weighted by atomic mass is 16.5. The molecule has 0 saturated heterocycles. The summed E-state index contributed by atoms with van der Waals surface area (Å²) in [6.07, 6.45) is 7.22. The van der Waals surface area contributed by atoms with Crippen LogP contribution >= 0.6 is 0 Å². The van der Waals surface area contributed by atoms with E-state index in [0.29, 0.717) is 5.89 Å². The Morgan fingerprint density at radius 1 is 1.14 bits per heavy atom. The minimum Gasteiger partial charge on any atom is -0.495 e. The Morgan fingerprint density at radius 2 is 2.00 bits per heavy atom. The predicted molar refractivity (Wildman–Crippen MR) is 86.5 cm³/mol. The third-order valence-electron chi connectivity index (χ3n) is 3.20. The SMILES string of the molecule is COc1cncc(-c2ccc3nc(/C=C/N(C)C)oc3c2)c1. The van der Waals surface area contributed by atoms with Crippen molar-refractivity contribution in [3.63, 3.8) is 0 Å². The Morgan fingerprint density at radius 3 is 2.77 bits per heavy atom. The highest BCUT2D eigenvalue weighted by Gasteiger charge is 2.07. The number of hydrogen-bond acceptors (Lipinski definition) is 5. The van der Waals surface area contributed by atoms with Crippen LogP contribution in [0.5, 0.6) is 5.75 Å². The van der Waals surface area contributed by atoms with Crippen molar-refractivity contribution >= 4 is 17.2 Å². The maximum atomic E-state index is 5.76. The summed E-state index contributed by atoms with van der Waals surface area (Å²) in [7, 11) is 5.53. The number of ether oxygens (including phenoxy) is 1. The maximum absolute atomic E-state index is 5.76. The molecule has 5 heteroatoms. The molecule has 0 aliphatic carbocycles. The monoisotopic (exact) mass is 295 g/mol. The van der Waals surface area contributed by atoms with Gasteiger partial charge in [-0.3, -0.25) is 4.98 Å². The number of pyridine rings is 1. The summed E-state index contributed by atoms with van der Waals surface area (Å²) in [6, 6.07) is 7.85.